The molecule has 1 saturated heterocycles. The van der Waals surface area contributed by atoms with Gasteiger partial charge in [-0.1, -0.05) is 28.1 Å². The lowest BCUT2D eigenvalue weighted by Crippen LogP contribution is -2.43. The normalized spacial score (nSPS) is 15.5. The van der Waals surface area contributed by atoms with Crippen LogP contribution in [-0.4, -0.2) is 50.8 Å². The quantitative estimate of drug-likeness (QED) is 0.575. The van der Waals surface area contributed by atoms with Gasteiger partial charge in [-0.25, -0.2) is 0 Å². The molecule has 1 N–H and O–H groups in total. The summed E-state index contributed by atoms with van der Waals surface area (Å²) in [7, 11) is 1.63. The van der Waals surface area contributed by atoms with Crippen LogP contribution in [0.1, 0.15) is 22.2 Å². The second kappa shape index (κ2) is 9.64. The van der Waals surface area contributed by atoms with Gasteiger partial charge in [-0.05, 0) is 35.9 Å². The average Bonchev–Trinajstić information content (AvgIpc) is 2.80. The van der Waals surface area contributed by atoms with Crippen molar-refractivity contribution in [1.29, 1.82) is 0 Å². The zero-order chi connectivity index (χ0) is 21.8. The SMILES string of the molecule is COc1ccc([C@H](CNC(=O)c2cc(=O)c3cc(Br)ccc3o2)N2CCOCC2)cc1. The van der Waals surface area contributed by atoms with E-state index in [4.69, 9.17) is 13.9 Å². The minimum atomic E-state index is -0.423. The third-order valence-corrected chi connectivity index (χ3v) is 5.85. The third-order valence-electron chi connectivity index (χ3n) is 5.36. The molecule has 0 saturated carbocycles. The van der Waals surface area contributed by atoms with Gasteiger partial charge in [0.25, 0.3) is 5.91 Å². The second-order valence-electron chi connectivity index (χ2n) is 7.26. The highest BCUT2D eigenvalue weighted by atomic mass is 79.9. The first-order valence-corrected chi connectivity index (χ1v) is 10.8. The number of nitrogens with one attached hydrogen (secondary N) is 1. The van der Waals surface area contributed by atoms with Crippen molar-refractivity contribution in [2.45, 2.75) is 6.04 Å². The standard InChI is InChI=1S/C23H23BrN2O5/c1-29-17-5-2-15(3-6-17)19(26-8-10-30-11-9-26)14-25-23(28)22-13-20(27)18-12-16(24)4-7-21(18)31-22/h2-7,12-13,19H,8-11,14H2,1H3,(H,25,28)/t19-/m0/s1. The minimum Gasteiger partial charge on any atom is -0.497 e. The van der Waals surface area contributed by atoms with Crippen molar-refractivity contribution in [3.8, 4) is 5.75 Å². The first kappa shape index (κ1) is 21.5. The average molecular weight is 487 g/mol. The summed E-state index contributed by atoms with van der Waals surface area (Å²) in [6.07, 6.45) is 0. The highest BCUT2D eigenvalue weighted by Crippen LogP contribution is 2.24. The van der Waals surface area contributed by atoms with E-state index in [-0.39, 0.29) is 17.2 Å². The smallest absolute Gasteiger partial charge is 0.287 e. The van der Waals surface area contributed by atoms with Crippen LogP contribution in [0.5, 0.6) is 5.75 Å². The van der Waals surface area contributed by atoms with Crippen LogP contribution in [0, 0.1) is 0 Å². The van der Waals surface area contributed by atoms with Crippen molar-refractivity contribution in [2.24, 2.45) is 0 Å². The molecule has 0 bridgehead atoms. The Morgan fingerprint density at radius 1 is 1.16 bits per heavy atom. The Kier molecular flexibility index (Phi) is 6.70. The van der Waals surface area contributed by atoms with Crippen LogP contribution in [-0.2, 0) is 4.74 Å². The van der Waals surface area contributed by atoms with E-state index in [1.165, 1.54) is 6.07 Å². The molecule has 7 nitrogen and oxygen atoms in total. The van der Waals surface area contributed by atoms with Crippen LogP contribution in [0.2, 0.25) is 0 Å². The van der Waals surface area contributed by atoms with E-state index in [2.05, 4.69) is 26.1 Å². The summed E-state index contributed by atoms with van der Waals surface area (Å²) in [5.41, 5.74) is 1.18. The van der Waals surface area contributed by atoms with Gasteiger partial charge >= 0.3 is 0 Å². The summed E-state index contributed by atoms with van der Waals surface area (Å²) >= 11 is 3.34. The first-order valence-electron chi connectivity index (χ1n) is 10.0. The van der Waals surface area contributed by atoms with Crippen LogP contribution in [0.25, 0.3) is 11.0 Å². The fourth-order valence-electron chi connectivity index (χ4n) is 3.69. The Morgan fingerprint density at radius 3 is 2.61 bits per heavy atom. The molecule has 1 aliphatic rings. The second-order valence-corrected chi connectivity index (χ2v) is 8.18. The molecule has 0 spiro atoms. The number of rotatable bonds is 6. The zero-order valence-corrected chi connectivity index (χ0v) is 18.7. The lowest BCUT2D eigenvalue weighted by atomic mass is 10.0. The number of benzene rings is 2. The number of nitrogens with zero attached hydrogens (tertiary/aromatic N) is 1. The van der Waals surface area contributed by atoms with Crippen molar-refractivity contribution in [3.05, 3.63) is 74.6 Å². The lowest BCUT2D eigenvalue weighted by molar-refractivity contribution is 0.0161. The number of methoxy groups -OCH3 is 1. The Morgan fingerprint density at radius 2 is 1.90 bits per heavy atom. The topological polar surface area (TPSA) is 81.0 Å². The number of hydrogen-bond acceptors (Lipinski definition) is 6. The van der Waals surface area contributed by atoms with Gasteiger partial charge in [0.2, 0.25) is 0 Å². The maximum atomic E-state index is 12.8. The number of carbonyl (C=O) groups is 1. The molecule has 1 aromatic heterocycles. The van der Waals surface area contributed by atoms with Gasteiger partial charge in [0.1, 0.15) is 11.3 Å². The van der Waals surface area contributed by atoms with Crippen molar-refractivity contribution >= 4 is 32.8 Å². The molecule has 1 fully saturated rings. The van der Waals surface area contributed by atoms with E-state index < -0.39 is 5.91 Å². The minimum absolute atomic E-state index is 0.00437. The number of ether oxygens (including phenoxy) is 2. The molecular formula is C23H23BrN2O5. The number of halogens is 1. The molecule has 0 unspecified atom stereocenters. The third kappa shape index (κ3) is 4.98. The number of amides is 1. The summed E-state index contributed by atoms with van der Waals surface area (Å²) in [6.45, 7) is 3.21. The summed E-state index contributed by atoms with van der Waals surface area (Å²) < 4.78 is 17.2. The molecular weight excluding hydrogens is 464 g/mol. The monoisotopic (exact) mass is 486 g/mol. The van der Waals surface area contributed by atoms with E-state index >= 15 is 0 Å². The van der Waals surface area contributed by atoms with Crippen molar-refractivity contribution in [1.82, 2.24) is 10.2 Å². The highest BCUT2D eigenvalue weighted by Gasteiger charge is 2.24. The predicted molar refractivity (Wildman–Crippen MR) is 121 cm³/mol. The first-order chi connectivity index (χ1) is 15.0. The molecule has 0 aliphatic carbocycles. The van der Waals surface area contributed by atoms with Crippen LogP contribution >= 0.6 is 15.9 Å². The van der Waals surface area contributed by atoms with Crippen LogP contribution in [0.15, 0.2) is 62.2 Å². The molecule has 8 heteroatoms. The van der Waals surface area contributed by atoms with Gasteiger partial charge < -0.3 is 19.2 Å². The van der Waals surface area contributed by atoms with Gasteiger partial charge in [0, 0.05) is 30.2 Å². The number of carbonyl (C=O) groups excluding carboxylic acids is 1. The molecule has 31 heavy (non-hydrogen) atoms. The van der Waals surface area contributed by atoms with Gasteiger partial charge in [0.15, 0.2) is 11.2 Å². The van der Waals surface area contributed by atoms with E-state index in [9.17, 15) is 9.59 Å². The van der Waals surface area contributed by atoms with E-state index in [1.807, 2.05) is 24.3 Å². The molecule has 1 aliphatic heterocycles. The van der Waals surface area contributed by atoms with Crippen molar-refractivity contribution < 1.29 is 18.7 Å². The Labute approximate surface area is 188 Å². The summed E-state index contributed by atoms with van der Waals surface area (Å²) in [4.78, 5) is 27.5. The van der Waals surface area contributed by atoms with Gasteiger partial charge in [-0.3, -0.25) is 14.5 Å². The summed E-state index contributed by atoms with van der Waals surface area (Å²) in [5, 5.41) is 3.36. The predicted octanol–water partition coefficient (Wildman–Crippen LogP) is 3.37. The Bertz CT molecular complexity index is 1120. The maximum Gasteiger partial charge on any atom is 0.287 e. The maximum absolute atomic E-state index is 12.8. The van der Waals surface area contributed by atoms with Gasteiger partial charge in [-0.15, -0.1) is 0 Å². The molecule has 2 aromatic carbocycles. The van der Waals surface area contributed by atoms with Crippen molar-refractivity contribution in [3.63, 3.8) is 0 Å². The number of morpholine rings is 1. The summed E-state index contributed by atoms with van der Waals surface area (Å²) in [5.74, 6) is 0.349. The van der Waals surface area contributed by atoms with Crippen LogP contribution in [0.4, 0.5) is 0 Å². The molecule has 4 rings (SSSR count). The largest absolute Gasteiger partial charge is 0.497 e. The molecule has 0 radical (unpaired) electrons. The van der Waals surface area contributed by atoms with E-state index in [0.717, 1.165) is 28.9 Å². The molecule has 1 atom stereocenters. The molecule has 2 heterocycles. The molecule has 1 amide bonds. The summed E-state index contributed by atoms with van der Waals surface area (Å²) in [6, 6.07) is 14.1. The van der Waals surface area contributed by atoms with E-state index in [0.29, 0.717) is 30.7 Å². The lowest BCUT2D eigenvalue weighted by Gasteiger charge is -2.35. The van der Waals surface area contributed by atoms with Crippen LogP contribution in [0.3, 0.4) is 0 Å². The Hall–Kier alpha value is -2.68. The number of hydrogen-bond donors (Lipinski definition) is 1. The van der Waals surface area contributed by atoms with Gasteiger partial charge in [0.05, 0.1) is 31.8 Å². The number of fused-ring (bicyclic) bond motifs is 1. The van der Waals surface area contributed by atoms with E-state index in [1.54, 1.807) is 25.3 Å². The fourth-order valence-corrected chi connectivity index (χ4v) is 4.05. The molecule has 162 valence electrons. The Balaban J connectivity index is 1.54. The zero-order valence-electron chi connectivity index (χ0n) is 17.1. The fraction of sp³-hybridized carbons (Fsp3) is 0.304. The highest BCUT2D eigenvalue weighted by molar-refractivity contribution is 9.10. The molecule has 3 aromatic rings. The van der Waals surface area contributed by atoms with Gasteiger partial charge in [-0.2, -0.15) is 0 Å². The van der Waals surface area contributed by atoms with Crippen LogP contribution < -0.4 is 15.5 Å². The van der Waals surface area contributed by atoms with Crippen molar-refractivity contribution in [2.75, 3.05) is 40.0 Å².